The minimum absolute atomic E-state index is 0.0830. The quantitative estimate of drug-likeness (QED) is 0.444. The van der Waals surface area contributed by atoms with Gasteiger partial charge in [0.1, 0.15) is 5.75 Å². The molecule has 1 heterocycles. The lowest BCUT2D eigenvalue weighted by Crippen LogP contribution is -2.22. The van der Waals surface area contributed by atoms with Crippen LogP contribution in [-0.2, 0) is 6.54 Å². The van der Waals surface area contributed by atoms with E-state index in [9.17, 15) is 4.79 Å². The van der Waals surface area contributed by atoms with E-state index in [0.29, 0.717) is 16.7 Å². The van der Waals surface area contributed by atoms with Crippen molar-refractivity contribution in [3.63, 3.8) is 0 Å². The van der Waals surface area contributed by atoms with Gasteiger partial charge in [-0.2, -0.15) is 0 Å². The molecule has 1 aromatic heterocycles. The molecule has 1 N–H and O–H groups in total. The van der Waals surface area contributed by atoms with Gasteiger partial charge in [0, 0.05) is 0 Å². The van der Waals surface area contributed by atoms with Gasteiger partial charge in [-0.3, -0.25) is 9.36 Å². The first kappa shape index (κ1) is 15.6. The van der Waals surface area contributed by atoms with Gasteiger partial charge in [-0.25, -0.2) is 0 Å². The first-order valence-electron chi connectivity index (χ1n) is 7.94. The zero-order valence-corrected chi connectivity index (χ0v) is 14.5. The zero-order chi connectivity index (χ0) is 17.4. The standard InChI is InChI=1S/C20H16N2O2S/c1-24-16-8-6-13(7-9-16)12-22-19(23)17-10-14-4-2-3-5-15(14)11-18(17)21-20(22)25/h2-11H,12H2,1H3,(H,21,25). The number of nitrogens with zero attached hydrogens (tertiary/aromatic N) is 1. The van der Waals surface area contributed by atoms with Gasteiger partial charge in [0.15, 0.2) is 4.77 Å². The molecule has 3 aromatic carbocycles. The Bertz CT molecular complexity index is 1190. The van der Waals surface area contributed by atoms with Gasteiger partial charge in [-0.05, 0) is 52.8 Å². The molecule has 0 aliphatic heterocycles. The molecule has 0 bridgehead atoms. The van der Waals surface area contributed by atoms with Crippen LogP contribution < -0.4 is 10.3 Å². The maximum absolute atomic E-state index is 13.0. The van der Waals surface area contributed by atoms with Gasteiger partial charge >= 0.3 is 0 Å². The minimum atomic E-state index is -0.0830. The van der Waals surface area contributed by atoms with Gasteiger partial charge in [0.05, 0.1) is 24.6 Å². The van der Waals surface area contributed by atoms with Crippen LogP contribution in [0.2, 0.25) is 0 Å². The predicted octanol–water partition coefficient (Wildman–Crippen LogP) is 4.27. The van der Waals surface area contributed by atoms with Crippen LogP contribution in [0.3, 0.4) is 0 Å². The molecule has 0 radical (unpaired) electrons. The van der Waals surface area contributed by atoms with Crippen LogP contribution >= 0.6 is 12.2 Å². The second-order valence-corrected chi connectivity index (χ2v) is 6.30. The Balaban J connectivity index is 1.87. The molecule has 0 saturated heterocycles. The molecule has 5 heteroatoms. The van der Waals surface area contributed by atoms with E-state index in [-0.39, 0.29) is 5.56 Å². The number of H-pyrrole nitrogens is 1. The van der Waals surface area contributed by atoms with Crippen molar-refractivity contribution in [2.75, 3.05) is 7.11 Å². The van der Waals surface area contributed by atoms with Crippen molar-refractivity contribution in [1.29, 1.82) is 0 Å². The third kappa shape index (κ3) is 2.83. The SMILES string of the molecule is COc1ccc(Cn2c(=S)[nH]c3cc4ccccc4cc3c2=O)cc1. The van der Waals surface area contributed by atoms with Crippen LogP contribution in [0.25, 0.3) is 21.7 Å². The van der Waals surface area contributed by atoms with Crippen LogP contribution in [-0.4, -0.2) is 16.7 Å². The van der Waals surface area contributed by atoms with Crippen molar-refractivity contribution < 1.29 is 4.74 Å². The Morgan fingerprint density at radius 3 is 2.40 bits per heavy atom. The van der Waals surface area contributed by atoms with Crippen molar-refractivity contribution >= 4 is 33.9 Å². The minimum Gasteiger partial charge on any atom is -0.497 e. The summed E-state index contributed by atoms with van der Waals surface area (Å²) in [5.74, 6) is 0.784. The maximum Gasteiger partial charge on any atom is 0.262 e. The second kappa shape index (κ2) is 6.18. The molecule has 0 fully saturated rings. The van der Waals surface area contributed by atoms with Gasteiger partial charge in [-0.15, -0.1) is 0 Å². The van der Waals surface area contributed by atoms with Gasteiger partial charge < -0.3 is 9.72 Å². The first-order chi connectivity index (χ1) is 12.2. The molecule has 4 aromatic rings. The summed E-state index contributed by atoms with van der Waals surface area (Å²) in [6.45, 7) is 0.418. The Morgan fingerprint density at radius 1 is 1.04 bits per heavy atom. The Hall–Kier alpha value is -2.92. The molecule has 0 spiro atoms. The van der Waals surface area contributed by atoms with Crippen LogP contribution in [0.1, 0.15) is 5.56 Å². The molecule has 4 nitrogen and oxygen atoms in total. The second-order valence-electron chi connectivity index (χ2n) is 5.91. The third-order valence-corrected chi connectivity index (χ3v) is 4.67. The molecule has 0 amide bonds. The van der Waals surface area contributed by atoms with Crippen molar-refractivity contribution in [2.24, 2.45) is 0 Å². The third-order valence-electron chi connectivity index (χ3n) is 4.35. The summed E-state index contributed by atoms with van der Waals surface area (Å²) in [7, 11) is 1.63. The normalized spacial score (nSPS) is 11.1. The Morgan fingerprint density at radius 2 is 1.72 bits per heavy atom. The molecule has 0 unspecified atom stereocenters. The molecule has 0 aliphatic rings. The van der Waals surface area contributed by atoms with Crippen molar-refractivity contribution in [3.8, 4) is 5.75 Å². The summed E-state index contributed by atoms with van der Waals surface area (Å²) >= 11 is 5.42. The monoisotopic (exact) mass is 348 g/mol. The number of rotatable bonds is 3. The van der Waals surface area contributed by atoms with E-state index < -0.39 is 0 Å². The summed E-state index contributed by atoms with van der Waals surface area (Å²) < 4.78 is 7.18. The van der Waals surface area contributed by atoms with Gasteiger partial charge in [0.2, 0.25) is 0 Å². The lowest BCUT2D eigenvalue weighted by molar-refractivity contribution is 0.414. The fourth-order valence-electron chi connectivity index (χ4n) is 3.00. The number of hydrogen-bond acceptors (Lipinski definition) is 3. The highest BCUT2D eigenvalue weighted by Crippen LogP contribution is 2.19. The van der Waals surface area contributed by atoms with E-state index in [1.807, 2.05) is 60.7 Å². The molecule has 0 atom stereocenters. The maximum atomic E-state index is 13.0. The summed E-state index contributed by atoms with van der Waals surface area (Å²) in [6, 6.07) is 19.5. The smallest absolute Gasteiger partial charge is 0.262 e. The topological polar surface area (TPSA) is 47.0 Å². The number of fused-ring (bicyclic) bond motifs is 2. The predicted molar refractivity (Wildman–Crippen MR) is 103 cm³/mol. The van der Waals surface area contributed by atoms with E-state index in [0.717, 1.165) is 27.6 Å². The Kier molecular flexibility index (Phi) is 3.86. The van der Waals surface area contributed by atoms with Crippen LogP contribution in [0.4, 0.5) is 0 Å². The molecule has 4 rings (SSSR count). The van der Waals surface area contributed by atoms with E-state index in [1.54, 1.807) is 11.7 Å². The Labute approximate surface area is 149 Å². The van der Waals surface area contributed by atoms with E-state index in [1.165, 1.54) is 0 Å². The molecule has 0 aliphatic carbocycles. The molecule has 25 heavy (non-hydrogen) atoms. The van der Waals surface area contributed by atoms with Gasteiger partial charge in [-0.1, -0.05) is 36.4 Å². The number of nitrogens with one attached hydrogen (secondary N) is 1. The number of ether oxygens (including phenoxy) is 1. The number of methoxy groups -OCH3 is 1. The summed E-state index contributed by atoms with van der Waals surface area (Å²) in [5, 5.41) is 2.75. The van der Waals surface area contributed by atoms with E-state index in [4.69, 9.17) is 17.0 Å². The number of hydrogen-bond donors (Lipinski definition) is 1. The van der Waals surface area contributed by atoms with E-state index in [2.05, 4.69) is 4.98 Å². The van der Waals surface area contributed by atoms with Crippen molar-refractivity contribution in [3.05, 3.63) is 81.4 Å². The van der Waals surface area contributed by atoms with Crippen molar-refractivity contribution in [1.82, 2.24) is 9.55 Å². The number of aromatic nitrogens is 2. The fourth-order valence-corrected chi connectivity index (χ4v) is 3.26. The molecule has 124 valence electrons. The molecule has 0 saturated carbocycles. The largest absolute Gasteiger partial charge is 0.497 e. The van der Waals surface area contributed by atoms with E-state index >= 15 is 0 Å². The van der Waals surface area contributed by atoms with Crippen LogP contribution in [0.15, 0.2) is 65.5 Å². The first-order valence-corrected chi connectivity index (χ1v) is 8.35. The fraction of sp³-hybridized carbons (Fsp3) is 0.100. The van der Waals surface area contributed by atoms with Gasteiger partial charge in [0.25, 0.3) is 5.56 Å². The number of benzene rings is 3. The highest BCUT2D eigenvalue weighted by Gasteiger charge is 2.08. The summed E-state index contributed by atoms with van der Waals surface area (Å²) in [6.07, 6.45) is 0. The zero-order valence-electron chi connectivity index (χ0n) is 13.7. The molecular weight excluding hydrogens is 332 g/mol. The highest BCUT2D eigenvalue weighted by atomic mass is 32.1. The highest BCUT2D eigenvalue weighted by molar-refractivity contribution is 7.71. The summed E-state index contributed by atoms with van der Waals surface area (Å²) in [5.41, 5.74) is 1.67. The van der Waals surface area contributed by atoms with Crippen LogP contribution in [0.5, 0.6) is 5.75 Å². The average Bonchev–Trinajstić information content (AvgIpc) is 2.64. The molecular formula is C20H16N2O2S. The summed E-state index contributed by atoms with van der Waals surface area (Å²) in [4.78, 5) is 16.2. The lowest BCUT2D eigenvalue weighted by atomic mass is 10.1. The van der Waals surface area contributed by atoms with Crippen LogP contribution in [0, 0.1) is 4.77 Å². The average molecular weight is 348 g/mol. The van der Waals surface area contributed by atoms with Crippen molar-refractivity contribution in [2.45, 2.75) is 6.54 Å². The number of aromatic amines is 1. The lowest BCUT2D eigenvalue weighted by Gasteiger charge is -2.10.